The van der Waals surface area contributed by atoms with Gasteiger partial charge in [0, 0.05) is 17.6 Å². The minimum absolute atomic E-state index is 0.163. The lowest BCUT2D eigenvalue weighted by Crippen LogP contribution is -2.38. The normalized spacial score (nSPS) is 12.9. The number of furan rings is 1. The maximum Gasteiger partial charge on any atom is 0.253 e. The average Bonchev–Trinajstić information content (AvgIpc) is 3.58. The van der Waals surface area contributed by atoms with E-state index in [1.54, 1.807) is 6.26 Å². The van der Waals surface area contributed by atoms with Crippen LogP contribution in [0.4, 0.5) is 0 Å². The van der Waals surface area contributed by atoms with E-state index in [-0.39, 0.29) is 11.1 Å². The van der Waals surface area contributed by atoms with E-state index in [1.165, 1.54) is 0 Å². The molecule has 3 aromatic heterocycles. The van der Waals surface area contributed by atoms with Crippen molar-refractivity contribution in [2.45, 2.75) is 58.8 Å². The van der Waals surface area contributed by atoms with Gasteiger partial charge in [-0.15, -0.1) is 5.10 Å². The zero-order valence-corrected chi connectivity index (χ0v) is 21.7. The third-order valence-corrected chi connectivity index (χ3v) is 7.03. The van der Waals surface area contributed by atoms with Gasteiger partial charge in [-0.1, -0.05) is 49.4 Å². The van der Waals surface area contributed by atoms with Crippen LogP contribution in [0.2, 0.25) is 0 Å². The molecule has 5 rings (SSSR count). The van der Waals surface area contributed by atoms with Gasteiger partial charge in [-0.3, -0.25) is 9.69 Å². The molecule has 0 amide bonds. The van der Waals surface area contributed by atoms with Crippen LogP contribution in [0.1, 0.15) is 61.5 Å². The van der Waals surface area contributed by atoms with Gasteiger partial charge in [-0.05, 0) is 78.4 Å². The fourth-order valence-electron chi connectivity index (χ4n) is 4.64. The summed E-state index contributed by atoms with van der Waals surface area (Å²) in [6, 6.07) is 21.5. The largest absolute Gasteiger partial charge is 0.468 e. The summed E-state index contributed by atoms with van der Waals surface area (Å²) in [6.07, 6.45) is 2.49. The van der Waals surface area contributed by atoms with Crippen LogP contribution in [-0.4, -0.2) is 30.1 Å². The summed E-state index contributed by atoms with van der Waals surface area (Å²) < 4.78 is 7.61. The zero-order chi connectivity index (χ0) is 26.0. The number of tetrazole rings is 1. The lowest BCUT2D eigenvalue weighted by atomic mass is 9.98. The number of nitrogens with zero attached hydrogens (tertiary/aromatic N) is 5. The Balaban J connectivity index is 1.73. The Bertz CT molecular complexity index is 1540. The quantitative estimate of drug-likeness (QED) is 0.296. The van der Waals surface area contributed by atoms with Crippen LogP contribution in [-0.2, 0) is 18.6 Å². The second-order valence-corrected chi connectivity index (χ2v) is 10.1. The monoisotopic (exact) mass is 496 g/mol. The molecule has 0 saturated heterocycles. The first-order valence-electron chi connectivity index (χ1n) is 12.6. The molecule has 8 nitrogen and oxygen atoms in total. The maximum absolute atomic E-state index is 13.7. The number of pyridine rings is 1. The molecule has 8 heteroatoms. The number of H-pyrrole nitrogens is 1. The van der Waals surface area contributed by atoms with Crippen molar-refractivity contribution >= 4 is 10.9 Å². The predicted molar refractivity (Wildman–Crippen MR) is 143 cm³/mol. The number of benzene rings is 2. The van der Waals surface area contributed by atoms with Crippen LogP contribution in [0.5, 0.6) is 0 Å². The van der Waals surface area contributed by atoms with E-state index < -0.39 is 6.04 Å². The Morgan fingerprint density at radius 1 is 1.05 bits per heavy atom. The summed E-state index contributed by atoms with van der Waals surface area (Å²) in [7, 11) is 0. The molecule has 0 aliphatic heterocycles. The highest BCUT2D eigenvalue weighted by atomic mass is 16.3. The molecular formula is C29H32N6O2. The molecule has 1 unspecified atom stereocenters. The molecule has 5 aromatic rings. The van der Waals surface area contributed by atoms with Gasteiger partial charge in [0.2, 0.25) is 0 Å². The number of rotatable bonds is 9. The second-order valence-electron chi connectivity index (χ2n) is 10.1. The fraction of sp³-hybridized carbons (Fsp3) is 0.310. The van der Waals surface area contributed by atoms with E-state index >= 15 is 0 Å². The molecule has 0 bridgehead atoms. The number of fused-ring (bicyclic) bond motifs is 1. The van der Waals surface area contributed by atoms with Crippen LogP contribution in [0, 0.1) is 6.92 Å². The minimum atomic E-state index is -0.527. The van der Waals surface area contributed by atoms with E-state index in [9.17, 15) is 4.79 Å². The van der Waals surface area contributed by atoms with Crippen molar-refractivity contribution in [3.05, 3.63) is 112 Å². The highest BCUT2D eigenvalue weighted by Crippen LogP contribution is 2.33. The summed E-state index contributed by atoms with van der Waals surface area (Å²) in [5.41, 5.74) is 3.08. The van der Waals surface area contributed by atoms with Crippen LogP contribution in [0.25, 0.3) is 10.9 Å². The van der Waals surface area contributed by atoms with Crippen molar-refractivity contribution in [2.75, 3.05) is 0 Å². The molecule has 190 valence electrons. The number of nitrogens with one attached hydrogen (secondary N) is 1. The Hall–Kier alpha value is -4.04. The summed E-state index contributed by atoms with van der Waals surface area (Å²) in [5, 5.41) is 13.9. The van der Waals surface area contributed by atoms with Gasteiger partial charge >= 0.3 is 0 Å². The highest BCUT2D eigenvalue weighted by molar-refractivity contribution is 5.79. The maximum atomic E-state index is 13.7. The molecular weight excluding hydrogens is 464 g/mol. The third-order valence-electron chi connectivity index (χ3n) is 7.03. The first kappa shape index (κ1) is 24.6. The van der Waals surface area contributed by atoms with Crippen molar-refractivity contribution in [1.29, 1.82) is 0 Å². The molecule has 0 saturated carbocycles. The Morgan fingerprint density at radius 2 is 1.86 bits per heavy atom. The topological polar surface area (TPSA) is 92.8 Å². The Morgan fingerprint density at radius 3 is 2.59 bits per heavy atom. The van der Waals surface area contributed by atoms with Gasteiger partial charge in [-0.2, -0.15) is 0 Å². The van der Waals surface area contributed by atoms with E-state index in [4.69, 9.17) is 4.42 Å². The van der Waals surface area contributed by atoms with E-state index in [0.717, 1.165) is 34.2 Å². The van der Waals surface area contributed by atoms with Crippen molar-refractivity contribution in [3.63, 3.8) is 0 Å². The molecule has 0 spiro atoms. The van der Waals surface area contributed by atoms with Crippen LogP contribution in [0.3, 0.4) is 0 Å². The Labute approximate surface area is 215 Å². The van der Waals surface area contributed by atoms with Crippen LogP contribution < -0.4 is 5.56 Å². The summed E-state index contributed by atoms with van der Waals surface area (Å²) in [5.74, 6) is 1.41. The SMILES string of the molecule is CCC(C)(C)n1nnnc1C(c1cc2ccc(C)cc2[nH]c1=O)N(Cc1ccccc1)Cc1ccco1. The molecule has 0 radical (unpaired) electrons. The zero-order valence-electron chi connectivity index (χ0n) is 21.7. The van der Waals surface area contributed by atoms with Crippen molar-refractivity contribution in [2.24, 2.45) is 0 Å². The molecule has 0 aliphatic carbocycles. The average molecular weight is 497 g/mol. The van der Waals surface area contributed by atoms with Crippen molar-refractivity contribution < 1.29 is 4.42 Å². The number of hydrogen-bond donors (Lipinski definition) is 1. The third kappa shape index (κ3) is 5.11. The second kappa shape index (κ2) is 10.1. The van der Waals surface area contributed by atoms with Crippen LogP contribution in [0.15, 0.2) is 82.2 Å². The standard InChI is InChI=1S/C29H32N6O2/c1-5-29(3,4)35-27(31-32-33-35)26(24-17-22-14-13-20(2)16-25(22)30-28(24)36)34(19-23-12-9-15-37-23)18-21-10-7-6-8-11-21/h6-17,26H,5,18-19H2,1-4H3,(H,30,36). The highest BCUT2D eigenvalue weighted by Gasteiger charge is 2.34. The smallest absolute Gasteiger partial charge is 0.253 e. The molecule has 37 heavy (non-hydrogen) atoms. The number of aryl methyl sites for hydroxylation is 1. The van der Waals surface area contributed by atoms with Gasteiger partial charge in [-0.25, -0.2) is 4.68 Å². The van der Waals surface area contributed by atoms with Crippen molar-refractivity contribution in [1.82, 2.24) is 30.1 Å². The lowest BCUT2D eigenvalue weighted by Gasteiger charge is -2.33. The van der Waals surface area contributed by atoms with Crippen molar-refractivity contribution in [3.8, 4) is 0 Å². The molecule has 3 heterocycles. The molecule has 0 fully saturated rings. The summed E-state index contributed by atoms with van der Waals surface area (Å²) in [4.78, 5) is 19.0. The molecule has 2 aromatic carbocycles. The lowest BCUT2D eigenvalue weighted by molar-refractivity contribution is 0.168. The number of hydrogen-bond acceptors (Lipinski definition) is 6. The van der Waals surface area contributed by atoms with E-state index in [2.05, 4.69) is 58.3 Å². The van der Waals surface area contributed by atoms with Gasteiger partial charge < -0.3 is 9.40 Å². The van der Waals surface area contributed by atoms with Gasteiger partial charge in [0.15, 0.2) is 5.82 Å². The first-order chi connectivity index (χ1) is 17.9. The van der Waals surface area contributed by atoms with Gasteiger partial charge in [0.25, 0.3) is 5.56 Å². The van der Waals surface area contributed by atoms with Crippen LogP contribution >= 0.6 is 0 Å². The number of aromatic amines is 1. The first-order valence-corrected chi connectivity index (χ1v) is 12.6. The predicted octanol–water partition coefficient (Wildman–Crippen LogP) is 5.35. The van der Waals surface area contributed by atoms with Gasteiger partial charge in [0.1, 0.15) is 11.8 Å². The summed E-state index contributed by atoms with van der Waals surface area (Å²) in [6.45, 7) is 9.36. The fourth-order valence-corrected chi connectivity index (χ4v) is 4.64. The van der Waals surface area contributed by atoms with Gasteiger partial charge in [0.05, 0.1) is 18.3 Å². The minimum Gasteiger partial charge on any atom is -0.468 e. The molecule has 1 N–H and O–H groups in total. The Kier molecular flexibility index (Phi) is 6.76. The van der Waals surface area contributed by atoms with E-state index in [0.29, 0.717) is 24.5 Å². The number of aromatic nitrogens is 5. The molecule has 1 atom stereocenters. The molecule has 0 aliphatic rings. The summed E-state index contributed by atoms with van der Waals surface area (Å²) >= 11 is 0. The van der Waals surface area contributed by atoms with E-state index in [1.807, 2.05) is 66.2 Å².